The van der Waals surface area contributed by atoms with Crippen molar-refractivity contribution in [2.45, 2.75) is 13.0 Å². The molecular formula is C26H23F2N3O2. The molecule has 4 aromatic rings. The predicted octanol–water partition coefficient (Wildman–Crippen LogP) is 4.90. The Hall–Kier alpha value is -4.00. The maximum Gasteiger partial charge on any atom is 0.267 e. The minimum Gasteiger partial charge on any atom is -0.489 e. The first-order valence-corrected chi connectivity index (χ1v) is 10.5. The van der Waals surface area contributed by atoms with Crippen LogP contribution < -0.4 is 10.1 Å². The molecule has 168 valence electrons. The van der Waals surface area contributed by atoms with Crippen molar-refractivity contribution < 1.29 is 18.3 Å². The van der Waals surface area contributed by atoms with Gasteiger partial charge in [0.05, 0.1) is 12.1 Å². The summed E-state index contributed by atoms with van der Waals surface area (Å²) < 4.78 is 35.6. The van der Waals surface area contributed by atoms with Crippen LogP contribution in [0.1, 0.15) is 21.7 Å². The summed E-state index contributed by atoms with van der Waals surface area (Å²) in [5.41, 5.74) is 2.01. The van der Waals surface area contributed by atoms with Crippen molar-refractivity contribution in [3.8, 4) is 5.75 Å². The fourth-order valence-corrected chi connectivity index (χ4v) is 3.67. The van der Waals surface area contributed by atoms with Crippen molar-refractivity contribution in [2.24, 2.45) is 0 Å². The van der Waals surface area contributed by atoms with Gasteiger partial charge in [-0.15, -0.1) is 0 Å². The number of rotatable bonds is 9. The van der Waals surface area contributed by atoms with E-state index in [1.54, 1.807) is 35.0 Å². The number of ether oxygens (including phenoxy) is 1. The van der Waals surface area contributed by atoms with Gasteiger partial charge in [0.15, 0.2) is 0 Å². The predicted molar refractivity (Wildman–Crippen MR) is 123 cm³/mol. The Bertz CT molecular complexity index is 1290. The topological polar surface area (TPSA) is 56.1 Å². The summed E-state index contributed by atoms with van der Waals surface area (Å²) >= 11 is 0. The molecule has 0 radical (unpaired) electrons. The molecule has 0 atom stereocenters. The van der Waals surface area contributed by atoms with Crippen molar-refractivity contribution >= 4 is 16.8 Å². The molecule has 0 saturated heterocycles. The Morgan fingerprint density at radius 3 is 2.79 bits per heavy atom. The average Bonchev–Trinajstić information content (AvgIpc) is 3.20. The van der Waals surface area contributed by atoms with Crippen LogP contribution in [0.3, 0.4) is 0 Å². The average molecular weight is 447 g/mol. The van der Waals surface area contributed by atoms with Crippen LogP contribution >= 0.6 is 0 Å². The van der Waals surface area contributed by atoms with Gasteiger partial charge in [-0.2, -0.15) is 0 Å². The minimum atomic E-state index is -0.543. The van der Waals surface area contributed by atoms with Gasteiger partial charge in [0.1, 0.15) is 29.7 Å². The minimum absolute atomic E-state index is 0.0129. The lowest BCUT2D eigenvalue weighted by Gasteiger charge is -2.12. The van der Waals surface area contributed by atoms with Crippen molar-refractivity contribution in [2.75, 3.05) is 13.2 Å². The normalized spacial score (nSPS) is 10.8. The zero-order valence-electron chi connectivity index (χ0n) is 17.9. The van der Waals surface area contributed by atoms with Crippen LogP contribution in [0, 0.1) is 11.6 Å². The van der Waals surface area contributed by atoms with E-state index in [2.05, 4.69) is 16.9 Å². The van der Waals surface area contributed by atoms with Crippen LogP contribution in [0.25, 0.3) is 10.9 Å². The lowest BCUT2D eigenvalue weighted by molar-refractivity contribution is 0.0945. The van der Waals surface area contributed by atoms with Crippen LogP contribution in [0.2, 0.25) is 0 Å². The molecule has 0 spiro atoms. The van der Waals surface area contributed by atoms with Crippen molar-refractivity contribution in [3.63, 3.8) is 0 Å². The molecule has 0 aliphatic rings. The third kappa shape index (κ3) is 5.09. The molecule has 0 fully saturated rings. The molecule has 33 heavy (non-hydrogen) atoms. The highest BCUT2D eigenvalue weighted by molar-refractivity contribution is 6.00. The molecule has 2 aromatic heterocycles. The number of pyridine rings is 1. The van der Waals surface area contributed by atoms with E-state index in [-0.39, 0.29) is 18.0 Å². The second kappa shape index (κ2) is 10.1. The maximum atomic E-state index is 14.4. The molecule has 0 saturated carbocycles. The van der Waals surface area contributed by atoms with E-state index >= 15 is 0 Å². The first-order valence-electron chi connectivity index (χ1n) is 10.5. The van der Waals surface area contributed by atoms with Gasteiger partial charge in [-0.3, -0.25) is 9.78 Å². The first-order chi connectivity index (χ1) is 16.1. The van der Waals surface area contributed by atoms with Crippen LogP contribution in [-0.2, 0) is 13.0 Å². The summed E-state index contributed by atoms with van der Waals surface area (Å²) in [6.45, 7) is 4.33. The van der Waals surface area contributed by atoms with Crippen molar-refractivity contribution in [1.29, 1.82) is 0 Å². The third-order valence-corrected chi connectivity index (χ3v) is 5.22. The largest absolute Gasteiger partial charge is 0.489 e. The molecule has 0 aliphatic carbocycles. The van der Waals surface area contributed by atoms with Crippen LogP contribution in [-0.4, -0.2) is 28.6 Å². The second-order valence-corrected chi connectivity index (χ2v) is 7.47. The van der Waals surface area contributed by atoms with E-state index in [1.165, 1.54) is 0 Å². The number of carbonyl (C=O) groups is 1. The number of hydrogen-bond acceptors (Lipinski definition) is 3. The number of nitrogens with zero attached hydrogens (tertiary/aromatic N) is 2. The van der Waals surface area contributed by atoms with Crippen LogP contribution in [0.4, 0.5) is 8.78 Å². The summed E-state index contributed by atoms with van der Waals surface area (Å²) in [5.74, 6) is -0.833. The molecule has 0 bridgehead atoms. The Morgan fingerprint density at radius 1 is 1.12 bits per heavy atom. The highest BCUT2D eigenvalue weighted by Gasteiger charge is 2.19. The van der Waals surface area contributed by atoms with Crippen LogP contribution in [0.5, 0.6) is 5.75 Å². The Balaban J connectivity index is 1.68. The Labute approximate surface area is 190 Å². The van der Waals surface area contributed by atoms with Gasteiger partial charge in [0, 0.05) is 35.8 Å². The van der Waals surface area contributed by atoms with Gasteiger partial charge in [0.2, 0.25) is 0 Å². The summed E-state index contributed by atoms with van der Waals surface area (Å²) in [4.78, 5) is 17.4. The van der Waals surface area contributed by atoms with Gasteiger partial charge in [-0.05, 0) is 48.5 Å². The summed E-state index contributed by atoms with van der Waals surface area (Å²) in [5, 5.41) is 3.60. The zero-order valence-corrected chi connectivity index (χ0v) is 17.9. The summed E-state index contributed by atoms with van der Waals surface area (Å²) in [7, 11) is 0. The number of halogens is 2. The number of aromatic nitrogens is 2. The van der Waals surface area contributed by atoms with Crippen molar-refractivity contribution in [1.82, 2.24) is 14.9 Å². The smallest absolute Gasteiger partial charge is 0.267 e. The standard InChI is InChI=1S/C26H23F2N3O2/c1-2-14-33-25-8-5-7-23-21(25)16-24(26(32)30-13-11-20-6-3-4-12-29-20)31(23)17-18-15-19(27)9-10-22(18)28/h2-10,12,15-16H,1,11,13-14,17H2,(H,30,32). The van der Waals surface area contributed by atoms with Gasteiger partial charge in [0.25, 0.3) is 5.91 Å². The van der Waals surface area contributed by atoms with E-state index in [1.807, 2.05) is 24.3 Å². The van der Waals surface area contributed by atoms with Gasteiger partial charge in [-0.25, -0.2) is 8.78 Å². The van der Waals surface area contributed by atoms with Gasteiger partial charge >= 0.3 is 0 Å². The van der Waals surface area contributed by atoms with E-state index in [9.17, 15) is 13.6 Å². The van der Waals surface area contributed by atoms with E-state index in [0.717, 1.165) is 23.9 Å². The maximum absolute atomic E-state index is 14.4. The lowest BCUT2D eigenvalue weighted by Crippen LogP contribution is -2.28. The van der Waals surface area contributed by atoms with E-state index in [0.29, 0.717) is 41.9 Å². The molecule has 0 unspecified atom stereocenters. The molecule has 5 nitrogen and oxygen atoms in total. The number of nitrogens with one attached hydrogen (secondary N) is 1. The molecular weight excluding hydrogens is 424 g/mol. The Morgan fingerprint density at radius 2 is 2.00 bits per heavy atom. The van der Waals surface area contributed by atoms with Gasteiger partial charge in [-0.1, -0.05) is 24.8 Å². The SMILES string of the molecule is C=CCOc1cccc2c1cc(C(=O)NCCc1ccccn1)n2Cc1cc(F)ccc1F. The molecule has 1 amide bonds. The lowest BCUT2D eigenvalue weighted by atomic mass is 10.2. The van der Waals surface area contributed by atoms with Crippen LogP contribution in [0.15, 0.2) is 79.5 Å². The number of fused-ring (bicyclic) bond motifs is 1. The summed E-state index contributed by atoms with van der Waals surface area (Å²) in [6.07, 6.45) is 3.90. The van der Waals surface area contributed by atoms with E-state index < -0.39 is 11.6 Å². The highest BCUT2D eigenvalue weighted by atomic mass is 19.1. The third-order valence-electron chi connectivity index (χ3n) is 5.22. The summed E-state index contributed by atoms with van der Waals surface area (Å²) in [6, 6.07) is 16.0. The number of benzene rings is 2. The highest BCUT2D eigenvalue weighted by Crippen LogP contribution is 2.30. The second-order valence-electron chi connectivity index (χ2n) is 7.47. The molecule has 0 aliphatic heterocycles. The number of carbonyl (C=O) groups excluding carboxylic acids is 1. The first kappa shape index (κ1) is 22.2. The van der Waals surface area contributed by atoms with Gasteiger partial charge < -0.3 is 14.6 Å². The van der Waals surface area contributed by atoms with Crippen molar-refractivity contribution in [3.05, 3.63) is 108 Å². The molecule has 2 heterocycles. The number of hydrogen-bond donors (Lipinski definition) is 1. The fourth-order valence-electron chi connectivity index (χ4n) is 3.67. The quantitative estimate of drug-likeness (QED) is 0.371. The molecule has 4 rings (SSSR count). The molecule has 2 aromatic carbocycles. The molecule has 7 heteroatoms. The monoisotopic (exact) mass is 447 g/mol. The van der Waals surface area contributed by atoms with E-state index in [4.69, 9.17) is 4.74 Å². The fraction of sp³-hybridized carbons (Fsp3) is 0.154. The molecule has 1 N–H and O–H groups in total. The zero-order chi connectivity index (χ0) is 23.2. The number of amides is 1. The Kier molecular flexibility index (Phi) is 6.78.